The second-order valence-electron chi connectivity index (χ2n) is 6.85. The zero-order valence-corrected chi connectivity index (χ0v) is 14.1. The fraction of sp³-hybridized carbons (Fsp3) is 0.471. The largest absolute Gasteiger partial charge is 0.493 e. The lowest BCUT2D eigenvalue weighted by atomic mass is 10.0. The molecular formula is C17H22N4O3. The van der Waals surface area contributed by atoms with Crippen LogP contribution in [-0.4, -0.2) is 33.7 Å². The Morgan fingerprint density at radius 2 is 2.12 bits per heavy atom. The Hall–Kier alpha value is -2.57. The molecule has 2 amide bonds. The summed E-state index contributed by atoms with van der Waals surface area (Å²) in [6, 6.07) is 5.50. The fourth-order valence-electron chi connectivity index (χ4n) is 2.44. The summed E-state index contributed by atoms with van der Waals surface area (Å²) in [5, 5.41) is 7.68. The number of fused-ring (bicyclic) bond motifs is 1. The minimum absolute atomic E-state index is 0.371. The van der Waals surface area contributed by atoms with Crippen molar-refractivity contribution in [2.24, 2.45) is 18.7 Å². The van der Waals surface area contributed by atoms with Gasteiger partial charge in [-0.1, -0.05) is 0 Å². The van der Waals surface area contributed by atoms with E-state index in [1.807, 2.05) is 18.2 Å². The van der Waals surface area contributed by atoms with Gasteiger partial charge in [0, 0.05) is 12.4 Å². The van der Waals surface area contributed by atoms with Crippen LogP contribution < -0.4 is 15.8 Å². The van der Waals surface area contributed by atoms with Crippen LogP contribution in [0.5, 0.6) is 5.75 Å². The summed E-state index contributed by atoms with van der Waals surface area (Å²) >= 11 is 0. The number of ether oxygens (including phenoxy) is 1. The molecular weight excluding hydrogens is 308 g/mol. The van der Waals surface area contributed by atoms with Gasteiger partial charge in [0.05, 0.1) is 12.1 Å². The van der Waals surface area contributed by atoms with Gasteiger partial charge in [-0.15, -0.1) is 0 Å². The number of benzene rings is 1. The lowest BCUT2D eigenvalue weighted by Crippen LogP contribution is -2.53. The van der Waals surface area contributed by atoms with Gasteiger partial charge in [0.15, 0.2) is 0 Å². The molecule has 1 aromatic heterocycles. The van der Waals surface area contributed by atoms with Gasteiger partial charge in [0.25, 0.3) is 5.91 Å². The summed E-state index contributed by atoms with van der Waals surface area (Å²) < 4.78 is 7.28. The van der Waals surface area contributed by atoms with Gasteiger partial charge in [0.1, 0.15) is 17.0 Å². The number of amides is 2. The summed E-state index contributed by atoms with van der Waals surface area (Å²) in [5.74, 6) is 0.360. The molecule has 1 aliphatic rings. The molecule has 1 aromatic carbocycles. The molecule has 1 fully saturated rings. The molecule has 1 saturated carbocycles. The van der Waals surface area contributed by atoms with Gasteiger partial charge < -0.3 is 15.8 Å². The van der Waals surface area contributed by atoms with Crippen LogP contribution in [-0.2, 0) is 11.8 Å². The molecule has 3 N–H and O–H groups in total. The van der Waals surface area contributed by atoms with E-state index in [2.05, 4.69) is 10.4 Å². The normalized spacial score (nSPS) is 14.6. The number of carbonyl (C=O) groups is 2. The van der Waals surface area contributed by atoms with Crippen molar-refractivity contribution in [2.75, 3.05) is 6.61 Å². The fourth-order valence-corrected chi connectivity index (χ4v) is 2.44. The Bertz CT molecular complexity index is 806. The van der Waals surface area contributed by atoms with E-state index < -0.39 is 17.4 Å². The van der Waals surface area contributed by atoms with Crippen LogP contribution in [0, 0.1) is 5.92 Å². The maximum atomic E-state index is 12.6. The maximum absolute atomic E-state index is 12.6. The van der Waals surface area contributed by atoms with E-state index >= 15 is 0 Å². The zero-order valence-electron chi connectivity index (χ0n) is 14.1. The summed E-state index contributed by atoms with van der Waals surface area (Å²) in [5.41, 5.74) is 5.24. The van der Waals surface area contributed by atoms with Crippen LogP contribution in [0.2, 0.25) is 0 Å². The number of nitrogens with zero attached hydrogens (tertiary/aromatic N) is 2. The number of aryl methyl sites for hydroxylation is 1. The predicted octanol–water partition coefficient (Wildman–Crippen LogP) is 1.36. The molecule has 24 heavy (non-hydrogen) atoms. The molecule has 0 saturated heterocycles. The van der Waals surface area contributed by atoms with Gasteiger partial charge in [-0.05, 0) is 50.8 Å². The van der Waals surface area contributed by atoms with Gasteiger partial charge in [-0.2, -0.15) is 5.10 Å². The average Bonchev–Trinajstić information content (AvgIpc) is 3.25. The van der Waals surface area contributed by atoms with Crippen LogP contribution in [0.25, 0.3) is 10.9 Å². The van der Waals surface area contributed by atoms with Gasteiger partial charge in [-0.25, -0.2) is 0 Å². The molecule has 1 aliphatic carbocycles. The number of carbonyl (C=O) groups excluding carboxylic acids is 2. The second kappa shape index (κ2) is 5.81. The number of aromatic nitrogens is 2. The number of hydrogen-bond acceptors (Lipinski definition) is 4. The summed E-state index contributed by atoms with van der Waals surface area (Å²) in [6.45, 7) is 3.83. The van der Waals surface area contributed by atoms with E-state index in [4.69, 9.17) is 10.5 Å². The van der Waals surface area contributed by atoms with Crippen molar-refractivity contribution >= 4 is 22.7 Å². The van der Waals surface area contributed by atoms with E-state index in [9.17, 15) is 9.59 Å². The Kier molecular flexibility index (Phi) is 3.95. The van der Waals surface area contributed by atoms with Crippen molar-refractivity contribution in [3.05, 3.63) is 23.9 Å². The minimum atomic E-state index is -1.15. The van der Waals surface area contributed by atoms with Gasteiger partial charge in [-0.3, -0.25) is 14.3 Å². The summed E-state index contributed by atoms with van der Waals surface area (Å²) in [7, 11) is 1.69. The van der Waals surface area contributed by atoms with Crippen molar-refractivity contribution in [3.8, 4) is 5.75 Å². The number of nitrogens with one attached hydrogen (secondary N) is 1. The van der Waals surface area contributed by atoms with Crippen molar-refractivity contribution in [2.45, 2.75) is 32.2 Å². The SMILES string of the molecule is Cn1nc2ccc(OCC3CC3)cc2c1C(=O)NC(C)(C)C(N)=O. The zero-order chi connectivity index (χ0) is 17.5. The first-order valence-corrected chi connectivity index (χ1v) is 8.00. The number of nitrogens with two attached hydrogens (primary N) is 1. The van der Waals surface area contributed by atoms with E-state index in [1.165, 1.54) is 17.5 Å². The van der Waals surface area contributed by atoms with Crippen molar-refractivity contribution in [1.29, 1.82) is 0 Å². The van der Waals surface area contributed by atoms with Crippen LogP contribution in [0.15, 0.2) is 18.2 Å². The predicted molar refractivity (Wildman–Crippen MR) is 89.7 cm³/mol. The molecule has 1 heterocycles. The van der Waals surface area contributed by atoms with Crippen LogP contribution >= 0.6 is 0 Å². The molecule has 0 unspecified atom stereocenters. The Morgan fingerprint density at radius 1 is 1.42 bits per heavy atom. The van der Waals surface area contributed by atoms with Crippen LogP contribution in [0.4, 0.5) is 0 Å². The van der Waals surface area contributed by atoms with E-state index in [0.29, 0.717) is 34.9 Å². The smallest absolute Gasteiger partial charge is 0.271 e. The lowest BCUT2D eigenvalue weighted by Gasteiger charge is -2.22. The first-order chi connectivity index (χ1) is 11.3. The van der Waals surface area contributed by atoms with Crippen LogP contribution in [0.3, 0.4) is 0 Å². The molecule has 0 aliphatic heterocycles. The highest BCUT2D eigenvalue weighted by atomic mass is 16.5. The summed E-state index contributed by atoms with van der Waals surface area (Å²) in [6.07, 6.45) is 2.43. The van der Waals surface area contributed by atoms with Gasteiger partial charge >= 0.3 is 0 Å². The first-order valence-electron chi connectivity index (χ1n) is 8.00. The quantitative estimate of drug-likeness (QED) is 0.835. The Morgan fingerprint density at radius 3 is 2.75 bits per heavy atom. The molecule has 0 atom stereocenters. The topological polar surface area (TPSA) is 99.2 Å². The number of primary amides is 1. The minimum Gasteiger partial charge on any atom is -0.493 e. The molecule has 0 bridgehead atoms. The highest BCUT2D eigenvalue weighted by Gasteiger charge is 2.29. The Balaban J connectivity index is 1.90. The van der Waals surface area contributed by atoms with Gasteiger partial charge in [0.2, 0.25) is 5.91 Å². The molecule has 3 rings (SSSR count). The van der Waals surface area contributed by atoms with E-state index in [-0.39, 0.29) is 0 Å². The first kappa shape index (κ1) is 16.3. The summed E-state index contributed by atoms with van der Waals surface area (Å²) in [4.78, 5) is 24.1. The third kappa shape index (κ3) is 3.20. The molecule has 7 heteroatoms. The monoisotopic (exact) mass is 330 g/mol. The highest BCUT2D eigenvalue weighted by molar-refractivity contribution is 6.07. The second-order valence-corrected chi connectivity index (χ2v) is 6.85. The van der Waals surface area contributed by atoms with Crippen LogP contribution in [0.1, 0.15) is 37.2 Å². The van der Waals surface area contributed by atoms with E-state index in [0.717, 1.165) is 0 Å². The molecule has 0 radical (unpaired) electrons. The third-order valence-corrected chi connectivity index (χ3v) is 4.24. The van der Waals surface area contributed by atoms with Crippen molar-refractivity contribution in [3.63, 3.8) is 0 Å². The Labute approximate surface area is 140 Å². The molecule has 0 spiro atoms. The number of rotatable bonds is 6. The average molecular weight is 330 g/mol. The lowest BCUT2D eigenvalue weighted by molar-refractivity contribution is -0.122. The molecule has 128 valence electrons. The highest BCUT2D eigenvalue weighted by Crippen LogP contribution is 2.30. The molecule has 7 nitrogen and oxygen atoms in total. The maximum Gasteiger partial charge on any atom is 0.271 e. The number of hydrogen-bond donors (Lipinski definition) is 2. The third-order valence-electron chi connectivity index (χ3n) is 4.24. The standard InChI is InChI=1S/C17H22N4O3/c1-17(2,16(18)23)19-15(22)14-12-8-11(24-9-10-4-5-10)6-7-13(12)20-21(14)3/h6-8,10H,4-5,9H2,1-3H3,(H2,18,23)(H,19,22). The van der Waals surface area contributed by atoms with E-state index in [1.54, 1.807) is 20.9 Å². The van der Waals surface area contributed by atoms with Crippen molar-refractivity contribution in [1.82, 2.24) is 15.1 Å². The van der Waals surface area contributed by atoms with Crippen molar-refractivity contribution < 1.29 is 14.3 Å². The molecule has 2 aromatic rings.